The number of rotatable bonds is 4. The van der Waals surface area contributed by atoms with Crippen LogP contribution in [-0.4, -0.2) is 17.0 Å². The summed E-state index contributed by atoms with van der Waals surface area (Å²) in [5, 5.41) is 12.0. The SMILES string of the molecule is O=C(O)C1(C(=O)NCc2ccccc2)CCCC1. The first-order valence-electron chi connectivity index (χ1n) is 6.21. The van der Waals surface area contributed by atoms with Crippen LogP contribution in [0, 0.1) is 5.41 Å². The van der Waals surface area contributed by atoms with Crippen molar-refractivity contribution in [2.24, 2.45) is 5.41 Å². The topological polar surface area (TPSA) is 66.4 Å². The van der Waals surface area contributed by atoms with Crippen LogP contribution in [-0.2, 0) is 16.1 Å². The highest BCUT2D eigenvalue weighted by atomic mass is 16.4. The normalized spacial score (nSPS) is 17.3. The van der Waals surface area contributed by atoms with Crippen molar-refractivity contribution in [1.29, 1.82) is 0 Å². The summed E-state index contributed by atoms with van der Waals surface area (Å²) in [6.07, 6.45) is 2.52. The molecule has 4 nitrogen and oxygen atoms in total. The lowest BCUT2D eigenvalue weighted by atomic mass is 9.85. The molecule has 0 saturated heterocycles. The Morgan fingerprint density at radius 2 is 1.78 bits per heavy atom. The largest absolute Gasteiger partial charge is 0.480 e. The van der Waals surface area contributed by atoms with E-state index in [1.807, 2.05) is 30.3 Å². The zero-order chi connectivity index (χ0) is 13.0. The van der Waals surface area contributed by atoms with Crippen LogP contribution in [0.1, 0.15) is 31.2 Å². The van der Waals surface area contributed by atoms with Gasteiger partial charge in [0, 0.05) is 6.54 Å². The van der Waals surface area contributed by atoms with E-state index < -0.39 is 11.4 Å². The summed E-state index contributed by atoms with van der Waals surface area (Å²) in [5.74, 6) is -1.35. The fourth-order valence-electron chi connectivity index (χ4n) is 2.46. The summed E-state index contributed by atoms with van der Waals surface area (Å²) in [6, 6.07) is 9.50. The van der Waals surface area contributed by atoms with Gasteiger partial charge in [0.15, 0.2) is 0 Å². The van der Waals surface area contributed by atoms with Gasteiger partial charge in [0.05, 0.1) is 0 Å². The van der Waals surface area contributed by atoms with Gasteiger partial charge in [0.25, 0.3) is 0 Å². The van der Waals surface area contributed by atoms with E-state index in [0.29, 0.717) is 19.4 Å². The number of carbonyl (C=O) groups is 2. The van der Waals surface area contributed by atoms with Gasteiger partial charge in [0.1, 0.15) is 5.41 Å². The summed E-state index contributed by atoms with van der Waals surface area (Å²) >= 11 is 0. The van der Waals surface area contributed by atoms with E-state index in [-0.39, 0.29) is 5.91 Å². The minimum Gasteiger partial charge on any atom is -0.480 e. The Balaban J connectivity index is 2.01. The van der Waals surface area contributed by atoms with Crippen molar-refractivity contribution < 1.29 is 14.7 Å². The van der Waals surface area contributed by atoms with Crippen LogP contribution in [0.2, 0.25) is 0 Å². The van der Waals surface area contributed by atoms with E-state index in [9.17, 15) is 14.7 Å². The van der Waals surface area contributed by atoms with Crippen molar-refractivity contribution in [2.75, 3.05) is 0 Å². The van der Waals surface area contributed by atoms with Crippen LogP contribution >= 0.6 is 0 Å². The highest BCUT2D eigenvalue weighted by Gasteiger charge is 2.47. The maximum atomic E-state index is 12.1. The second kappa shape index (κ2) is 5.21. The van der Waals surface area contributed by atoms with Gasteiger partial charge in [-0.2, -0.15) is 0 Å². The van der Waals surface area contributed by atoms with Crippen molar-refractivity contribution in [3.05, 3.63) is 35.9 Å². The number of hydrogen-bond acceptors (Lipinski definition) is 2. The highest BCUT2D eigenvalue weighted by Crippen LogP contribution is 2.38. The molecule has 0 radical (unpaired) electrons. The van der Waals surface area contributed by atoms with Crippen LogP contribution in [0.4, 0.5) is 0 Å². The molecule has 1 amide bonds. The summed E-state index contributed by atoms with van der Waals surface area (Å²) in [6.45, 7) is 0.384. The number of hydrogen-bond donors (Lipinski definition) is 2. The van der Waals surface area contributed by atoms with E-state index in [0.717, 1.165) is 18.4 Å². The third-order valence-electron chi connectivity index (χ3n) is 3.60. The van der Waals surface area contributed by atoms with Crippen LogP contribution in [0.15, 0.2) is 30.3 Å². The van der Waals surface area contributed by atoms with Crippen LogP contribution in [0.3, 0.4) is 0 Å². The predicted molar refractivity (Wildman–Crippen MR) is 66.8 cm³/mol. The van der Waals surface area contributed by atoms with Gasteiger partial charge in [-0.05, 0) is 18.4 Å². The molecular weight excluding hydrogens is 230 g/mol. The van der Waals surface area contributed by atoms with Crippen LogP contribution in [0.25, 0.3) is 0 Å². The number of carbonyl (C=O) groups excluding carboxylic acids is 1. The third kappa shape index (κ3) is 2.37. The maximum Gasteiger partial charge on any atom is 0.319 e. The first-order chi connectivity index (χ1) is 8.65. The minimum absolute atomic E-state index is 0.351. The molecule has 0 spiro atoms. The van der Waals surface area contributed by atoms with Gasteiger partial charge in [0.2, 0.25) is 5.91 Å². The average Bonchev–Trinajstić information content (AvgIpc) is 2.88. The average molecular weight is 247 g/mol. The summed E-state index contributed by atoms with van der Waals surface area (Å²) < 4.78 is 0. The second-order valence-corrected chi connectivity index (χ2v) is 4.76. The van der Waals surface area contributed by atoms with E-state index in [4.69, 9.17) is 0 Å². The molecule has 1 saturated carbocycles. The Kier molecular flexibility index (Phi) is 3.65. The lowest BCUT2D eigenvalue weighted by Crippen LogP contribution is -2.44. The molecule has 96 valence electrons. The fourth-order valence-corrected chi connectivity index (χ4v) is 2.46. The first kappa shape index (κ1) is 12.6. The second-order valence-electron chi connectivity index (χ2n) is 4.76. The molecule has 1 aliphatic carbocycles. The van der Waals surface area contributed by atoms with Gasteiger partial charge in [-0.3, -0.25) is 9.59 Å². The van der Waals surface area contributed by atoms with Gasteiger partial charge >= 0.3 is 5.97 Å². The highest BCUT2D eigenvalue weighted by molar-refractivity contribution is 6.02. The van der Waals surface area contributed by atoms with Crippen molar-refractivity contribution in [3.8, 4) is 0 Å². The minimum atomic E-state index is -1.20. The Hall–Kier alpha value is -1.84. The standard InChI is InChI=1S/C14H17NO3/c16-12(14(13(17)18)8-4-5-9-14)15-10-11-6-2-1-3-7-11/h1-3,6-7H,4-5,8-10H2,(H,15,16)(H,17,18). The number of benzene rings is 1. The lowest BCUT2D eigenvalue weighted by Gasteiger charge is -2.22. The molecule has 0 aliphatic heterocycles. The Bertz CT molecular complexity index is 436. The number of carboxylic acids is 1. The molecule has 0 aromatic heterocycles. The molecule has 2 rings (SSSR count). The molecule has 2 N–H and O–H groups in total. The smallest absolute Gasteiger partial charge is 0.319 e. The summed E-state index contributed by atoms with van der Waals surface area (Å²) in [7, 11) is 0. The van der Waals surface area contributed by atoms with Crippen molar-refractivity contribution in [2.45, 2.75) is 32.2 Å². The molecule has 0 bridgehead atoms. The molecule has 1 fully saturated rings. The zero-order valence-corrected chi connectivity index (χ0v) is 10.2. The van der Waals surface area contributed by atoms with Gasteiger partial charge < -0.3 is 10.4 Å². The lowest BCUT2D eigenvalue weighted by molar-refractivity contribution is -0.155. The molecule has 4 heteroatoms. The third-order valence-corrected chi connectivity index (χ3v) is 3.60. The molecular formula is C14H17NO3. The Morgan fingerprint density at radius 1 is 1.17 bits per heavy atom. The van der Waals surface area contributed by atoms with E-state index in [1.54, 1.807) is 0 Å². The van der Waals surface area contributed by atoms with Crippen molar-refractivity contribution in [1.82, 2.24) is 5.32 Å². The molecule has 0 atom stereocenters. The molecule has 1 aliphatic rings. The van der Waals surface area contributed by atoms with Gasteiger partial charge in [-0.1, -0.05) is 43.2 Å². The quantitative estimate of drug-likeness (QED) is 0.799. The Labute approximate surface area is 106 Å². The molecule has 0 heterocycles. The van der Waals surface area contributed by atoms with E-state index in [1.165, 1.54) is 0 Å². The molecule has 0 unspecified atom stereocenters. The summed E-state index contributed by atoms with van der Waals surface area (Å²) in [4.78, 5) is 23.4. The monoisotopic (exact) mass is 247 g/mol. The van der Waals surface area contributed by atoms with E-state index >= 15 is 0 Å². The predicted octanol–water partition coefficient (Wildman–Crippen LogP) is 1.95. The Morgan fingerprint density at radius 3 is 2.33 bits per heavy atom. The number of nitrogens with one attached hydrogen (secondary N) is 1. The first-order valence-corrected chi connectivity index (χ1v) is 6.21. The van der Waals surface area contributed by atoms with Gasteiger partial charge in [-0.15, -0.1) is 0 Å². The molecule has 18 heavy (non-hydrogen) atoms. The van der Waals surface area contributed by atoms with Crippen molar-refractivity contribution in [3.63, 3.8) is 0 Å². The zero-order valence-electron chi connectivity index (χ0n) is 10.2. The summed E-state index contributed by atoms with van der Waals surface area (Å²) in [5.41, 5.74) is -0.223. The number of amides is 1. The maximum absolute atomic E-state index is 12.1. The number of carboxylic acid groups (broad SMARTS) is 1. The van der Waals surface area contributed by atoms with Crippen LogP contribution < -0.4 is 5.32 Å². The fraction of sp³-hybridized carbons (Fsp3) is 0.429. The van der Waals surface area contributed by atoms with Crippen LogP contribution in [0.5, 0.6) is 0 Å². The van der Waals surface area contributed by atoms with Crippen molar-refractivity contribution >= 4 is 11.9 Å². The number of aliphatic carboxylic acids is 1. The van der Waals surface area contributed by atoms with E-state index in [2.05, 4.69) is 5.32 Å². The molecule has 1 aromatic rings. The molecule has 1 aromatic carbocycles. The van der Waals surface area contributed by atoms with Gasteiger partial charge in [-0.25, -0.2) is 0 Å².